The molecule has 14 heteroatoms. The van der Waals surface area contributed by atoms with Gasteiger partial charge in [0.05, 0.1) is 4.90 Å². The van der Waals surface area contributed by atoms with Crippen molar-refractivity contribution >= 4 is 34.0 Å². The molecule has 0 heterocycles. The van der Waals surface area contributed by atoms with Crippen LogP contribution < -0.4 is 25.8 Å². The summed E-state index contributed by atoms with van der Waals surface area (Å²) in [7, 11) is -3.96. The van der Waals surface area contributed by atoms with Gasteiger partial charge in [-0.05, 0) is 81.5 Å². The van der Waals surface area contributed by atoms with Gasteiger partial charge in [-0.15, -0.1) is 0 Å². The lowest BCUT2D eigenvalue weighted by atomic mass is 10.0. The molecule has 4 aromatic carbocycles. The molecule has 292 valence electrons. The van der Waals surface area contributed by atoms with E-state index in [4.69, 9.17) is 19.9 Å². The van der Waals surface area contributed by atoms with Gasteiger partial charge in [0.2, 0.25) is 11.9 Å². The molecule has 55 heavy (non-hydrogen) atoms. The number of amides is 2. The number of carbonyl (C=O) groups is 3. The van der Waals surface area contributed by atoms with Crippen molar-refractivity contribution in [2.75, 3.05) is 6.54 Å². The summed E-state index contributed by atoms with van der Waals surface area (Å²) in [4.78, 5) is 44.3. The molecule has 0 aliphatic heterocycles. The number of esters is 1. The van der Waals surface area contributed by atoms with Crippen LogP contribution in [0.3, 0.4) is 0 Å². The Kier molecular flexibility index (Phi) is 15.2. The van der Waals surface area contributed by atoms with Crippen LogP contribution in [0.25, 0.3) is 0 Å². The summed E-state index contributed by atoms with van der Waals surface area (Å²) in [6.45, 7) is 7.30. The molecule has 0 saturated heterocycles. The van der Waals surface area contributed by atoms with Gasteiger partial charge in [-0.2, -0.15) is 0 Å². The topological polar surface area (TPSA) is 188 Å². The molecule has 5 N–H and O–H groups in total. The molecular weight excluding hydrogens is 723 g/mol. The minimum Gasteiger partial charge on any atom is -0.489 e. The van der Waals surface area contributed by atoms with E-state index in [1.807, 2.05) is 67.6 Å². The second-order valence-corrected chi connectivity index (χ2v) is 15.5. The van der Waals surface area contributed by atoms with Crippen LogP contribution in [-0.4, -0.2) is 56.6 Å². The first-order valence-corrected chi connectivity index (χ1v) is 19.3. The smallest absolute Gasteiger partial charge is 0.408 e. The van der Waals surface area contributed by atoms with E-state index in [-0.39, 0.29) is 43.3 Å². The van der Waals surface area contributed by atoms with Gasteiger partial charge in [-0.3, -0.25) is 9.79 Å². The number of ether oxygens (including phenoxy) is 3. The SMILES string of the molecule is Cc1ccc(S(=O)(=O)NC(N)=NCCC[C@@H](NC(=O)OC(C)(C)C)C(=O)N[C@@H](Cc2ccc(OCc3ccccc3)cc2)C(=O)OCc2ccccc2)cc1. The van der Waals surface area contributed by atoms with Crippen LogP contribution in [0.4, 0.5) is 4.79 Å². The maximum atomic E-state index is 13.8. The molecular formula is C41H49N5O8S. The Labute approximate surface area is 322 Å². The highest BCUT2D eigenvalue weighted by Gasteiger charge is 2.29. The highest BCUT2D eigenvalue weighted by atomic mass is 32.2. The quantitative estimate of drug-likeness (QED) is 0.0478. The summed E-state index contributed by atoms with van der Waals surface area (Å²) in [6, 6.07) is 30.0. The molecule has 13 nitrogen and oxygen atoms in total. The molecule has 2 atom stereocenters. The van der Waals surface area contributed by atoms with Crippen molar-refractivity contribution in [1.29, 1.82) is 0 Å². The number of alkyl carbamates (subject to hydrolysis) is 1. The molecule has 0 saturated carbocycles. The number of aryl methyl sites for hydroxylation is 1. The van der Waals surface area contributed by atoms with Crippen LogP contribution >= 0.6 is 0 Å². The molecule has 0 radical (unpaired) electrons. The number of aliphatic imine (C=N–C) groups is 1. The second-order valence-electron chi connectivity index (χ2n) is 13.8. The summed E-state index contributed by atoms with van der Waals surface area (Å²) >= 11 is 0. The number of hydrogen-bond donors (Lipinski definition) is 4. The zero-order chi connectivity index (χ0) is 39.8. The van der Waals surface area contributed by atoms with Crippen LogP contribution in [0.15, 0.2) is 119 Å². The number of nitrogens with two attached hydrogens (primary N) is 1. The Balaban J connectivity index is 1.45. The van der Waals surface area contributed by atoms with E-state index >= 15 is 0 Å². The summed E-state index contributed by atoms with van der Waals surface area (Å²) in [5.74, 6) is -1.03. The number of nitrogens with one attached hydrogen (secondary N) is 3. The van der Waals surface area contributed by atoms with Crippen molar-refractivity contribution in [3.63, 3.8) is 0 Å². The number of carbonyl (C=O) groups excluding carboxylic acids is 3. The average Bonchev–Trinajstić information content (AvgIpc) is 3.14. The average molecular weight is 772 g/mol. The molecule has 4 rings (SSSR count). The highest BCUT2D eigenvalue weighted by Crippen LogP contribution is 2.17. The van der Waals surface area contributed by atoms with E-state index in [1.165, 1.54) is 12.1 Å². The molecule has 0 spiro atoms. The van der Waals surface area contributed by atoms with Crippen LogP contribution in [-0.2, 0) is 48.7 Å². The fourth-order valence-electron chi connectivity index (χ4n) is 5.15. The Morgan fingerprint density at radius 3 is 1.96 bits per heavy atom. The zero-order valence-corrected chi connectivity index (χ0v) is 32.3. The number of hydrogen-bond acceptors (Lipinski definition) is 9. The first kappa shape index (κ1) is 41.9. The third-order valence-corrected chi connectivity index (χ3v) is 9.32. The van der Waals surface area contributed by atoms with Crippen molar-refractivity contribution in [1.82, 2.24) is 15.4 Å². The number of guanidine groups is 1. The summed E-state index contributed by atoms with van der Waals surface area (Å²) in [5.41, 5.74) is 8.44. The lowest BCUT2D eigenvalue weighted by molar-refractivity contribution is -0.149. The van der Waals surface area contributed by atoms with Crippen molar-refractivity contribution in [2.24, 2.45) is 10.7 Å². The van der Waals surface area contributed by atoms with Crippen LogP contribution in [0.1, 0.15) is 55.9 Å². The molecule has 0 aliphatic carbocycles. The monoisotopic (exact) mass is 771 g/mol. The van der Waals surface area contributed by atoms with E-state index in [1.54, 1.807) is 57.2 Å². The van der Waals surface area contributed by atoms with E-state index in [0.29, 0.717) is 12.4 Å². The normalized spacial score (nSPS) is 12.8. The maximum absolute atomic E-state index is 13.8. The minimum atomic E-state index is -3.96. The number of rotatable bonds is 17. The van der Waals surface area contributed by atoms with Gasteiger partial charge in [-0.25, -0.2) is 22.7 Å². The summed E-state index contributed by atoms with van der Waals surface area (Å²) in [6.07, 6.45) is -0.504. The largest absolute Gasteiger partial charge is 0.489 e. The highest BCUT2D eigenvalue weighted by molar-refractivity contribution is 7.90. The Morgan fingerprint density at radius 1 is 0.764 bits per heavy atom. The van der Waals surface area contributed by atoms with Gasteiger partial charge in [0.15, 0.2) is 0 Å². The molecule has 2 amide bonds. The van der Waals surface area contributed by atoms with Crippen LogP contribution in [0, 0.1) is 6.92 Å². The van der Waals surface area contributed by atoms with Crippen molar-refractivity contribution in [2.45, 2.75) is 82.8 Å². The third-order valence-electron chi connectivity index (χ3n) is 7.95. The zero-order valence-electron chi connectivity index (χ0n) is 31.5. The van der Waals surface area contributed by atoms with Gasteiger partial charge in [0.1, 0.15) is 36.6 Å². The maximum Gasteiger partial charge on any atom is 0.408 e. The number of sulfonamides is 1. The molecule has 0 unspecified atom stereocenters. The van der Waals surface area contributed by atoms with Gasteiger partial charge in [0.25, 0.3) is 10.0 Å². The summed E-state index contributed by atoms with van der Waals surface area (Å²) in [5, 5.41) is 5.36. The van der Waals surface area contributed by atoms with Crippen molar-refractivity contribution in [3.8, 4) is 5.75 Å². The molecule has 0 fully saturated rings. The number of benzene rings is 4. The third kappa shape index (κ3) is 14.8. The Bertz CT molecular complexity index is 1980. The van der Waals surface area contributed by atoms with E-state index < -0.39 is 45.7 Å². The van der Waals surface area contributed by atoms with E-state index in [9.17, 15) is 22.8 Å². The summed E-state index contributed by atoms with van der Waals surface area (Å²) < 4.78 is 44.6. The first-order chi connectivity index (χ1) is 26.2. The molecule has 0 bridgehead atoms. The van der Waals surface area contributed by atoms with Gasteiger partial charge < -0.3 is 30.6 Å². The van der Waals surface area contributed by atoms with Crippen LogP contribution in [0.5, 0.6) is 5.75 Å². The fourth-order valence-corrected chi connectivity index (χ4v) is 6.11. The van der Waals surface area contributed by atoms with Gasteiger partial charge >= 0.3 is 12.1 Å². The fraction of sp³-hybridized carbons (Fsp3) is 0.317. The minimum absolute atomic E-state index is 0.00894. The van der Waals surface area contributed by atoms with Gasteiger partial charge in [-0.1, -0.05) is 90.5 Å². The number of nitrogens with zero attached hydrogens (tertiary/aromatic N) is 1. The van der Waals surface area contributed by atoms with Crippen molar-refractivity contribution < 1.29 is 37.0 Å². The lowest BCUT2D eigenvalue weighted by Gasteiger charge is -2.25. The predicted molar refractivity (Wildman–Crippen MR) is 209 cm³/mol. The Hall–Kier alpha value is -5.89. The van der Waals surface area contributed by atoms with E-state index in [2.05, 4.69) is 20.3 Å². The standard InChI is InChI=1S/C41H49N5O8S/c1-29-17-23-34(24-18-29)55(50,51)46-39(42)43-25-11-16-35(45-40(49)54-41(2,3)4)37(47)44-36(38(48)53-28-32-14-9-6-10-15-32)26-30-19-21-33(22-20-30)52-27-31-12-7-5-8-13-31/h5-10,12-15,17-24,35-36H,11,16,25-28H2,1-4H3,(H,44,47)(H,45,49)(H3,42,43,46)/t35-,36+/m1/s1. The van der Waals surface area contributed by atoms with E-state index in [0.717, 1.165) is 22.3 Å². The van der Waals surface area contributed by atoms with Gasteiger partial charge in [0, 0.05) is 13.0 Å². The van der Waals surface area contributed by atoms with Crippen molar-refractivity contribution in [3.05, 3.63) is 131 Å². The molecule has 0 aliphatic rings. The lowest BCUT2D eigenvalue weighted by Crippen LogP contribution is -2.53. The molecule has 0 aromatic heterocycles. The Morgan fingerprint density at radius 2 is 1.36 bits per heavy atom. The van der Waals surface area contributed by atoms with Crippen LogP contribution in [0.2, 0.25) is 0 Å². The predicted octanol–water partition coefficient (Wildman–Crippen LogP) is 5.31. The second kappa shape index (κ2) is 20.0. The first-order valence-electron chi connectivity index (χ1n) is 17.8. The molecule has 4 aromatic rings.